The van der Waals surface area contributed by atoms with E-state index in [0.29, 0.717) is 11.3 Å². The predicted octanol–water partition coefficient (Wildman–Crippen LogP) is 4.16. The molecular weight excluding hydrogens is 324 g/mol. The second-order valence-corrected chi connectivity index (χ2v) is 5.99. The van der Waals surface area contributed by atoms with Crippen LogP contribution in [0.4, 0.5) is 5.69 Å². The van der Waals surface area contributed by atoms with Crippen molar-refractivity contribution in [1.29, 1.82) is 0 Å². The fourth-order valence-corrected chi connectivity index (χ4v) is 2.77. The zero-order valence-corrected chi connectivity index (χ0v) is 14.5. The lowest BCUT2D eigenvalue weighted by Gasteiger charge is -2.20. The fourth-order valence-electron chi connectivity index (χ4n) is 2.77. The molecule has 0 radical (unpaired) electrons. The number of amides is 2. The van der Waals surface area contributed by atoms with Crippen LogP contribution in [0.3, 0.4) is 0 Å². The van der Waals surface area contributed by atoms with E-state index in [2.05, 4.69) is 10.6 Å². The highest BCUT2D eigenvalue weighted by atomic mass is 16.2. The van der Waals surface area contributed by atoms with E-state index < -0.39 is 0 Å². The van der Waals surface area contributed by atoms with Crippen molar-refractivity contribution in [2.45, 2.75) is 13.0 Å². The van der Waals surface area contributed by atoms with Gasteiger partial charge in [-0.2, -0.15) is 0 Å². The quantitative estimate of drug-likeness (QED) is 0.730. The summed E-state index contributed by atoms with van der Waals surface area (Å²) in [7, 11) is 0. The monoisotopic (exact) mass is 344 g/mol. The van der Waals surface area contributed by atoms with Gasteiger partial charge in [-0.05, 0) is 35.4 Å². The molecule has 2 amide bonds. The highest BCUT2D eigenvalue weighted by Crippen LogP contribution is 2.22. The SMILES string of the molecule is CC(=O)Nc1ccc(C(=O)NC(c2ccccc2)c2ccccc2)cc1. The van der Waals surface area contributed by atoms with E-state index >= 15 is 0 Å². The molecule has 0 atom stereocenters. The van der Waals surface area contributed by atoms with Gasteiger partial charge in [-0.1, -0.05) is 60.7 Å². The van der Waals surface area contributed by atoms with Gasteiger partial charge in [0.05, 0.1) is 6.04 Å². The first-order valence-electron chi connectivity index (χ1n) is 8.42. The number of carbonyl (C=O) groups excluding carboxylic acids is 2. The first-order valence-corrected chi connectivity index (χ1v) is 8.42. The number of benzene rings is 3. The Balaban J connectivity index is 1.83. The lowest BCUT2D eigenvalue weighted by atomic mass is 9.98. The fraction of sp³-hybridized carbons (Fsp3) is 0.0909. The van der Waals surface area contributed by atoms with Crippen LogP contribution >= 0.6 is 0 Å². The number of hydrogen-bond donors (Lipinski definition) is 2. The molecule has 0 heterocycles. The lowest BCUT2D eigenvalue weighted by Crippen LogP contribution is -2.29. The molecule has 2 N–H and O–H groups in total. The largest absolute Gasteiger partial charge is 0.341 e. The molecule has 4 heteroatoms. The molecule has 130 valence electrons. The van der Waals surface area contributed by atoms with Crippen molar-refractivity contribution in [3.63, 3.8) is 0 Å². The van der Waals surface area contributed by atoms with Crippen LogP contribution in [0.2, 0.25) is 0 Å². The first kappa shape index (κ1) is 17.4. The van der Waals surface area contributed by atoms with E-state index in [9.17, 15) is 9.59 Å². The molecule has 0 saturated heterocycles. The number of hydrogen-bond acceptors (Lipinski definition) is 2. The van der Waals surface area contributed by atoms with Crippen molar-refractivity contribution in [2.75, 3.05) is 5.32 Å². The van der Waals surface area contributed by atoms with Gasteiger partial charge < -0.3 is 10.6 Å². The van der Waals surface area contributed by atoms with Crippen molar-refractivity contribution in [3.05, 3.63) is 102 Å². The van der Waals surface area contributed by atoms with E-state index in [4.69, 9.17) is 0 Å². The van der Waals surface area contributed by atoms with Crippen molar-refractivity contribution >= 4 is 17.5 Å². The van der Waals surface area contributed by atoms with Crippen LogP contribution in [0.25, 0.3) is 0 Å². The van der Waals surface area contributed by atoms with Gasteiger partial charge in [-0.25, -0.2) is 0 Å². The Bertz CT molecular complexity index is 836. The number of carbonyl (C=O) groups is 2. The zero-order chi connectivity index (χ0) is 18.4. The lowest BCUT2D eigenvalue weighted by molar-refractivity contribution is -0.114. The molecule has 0 aliphatic carbocycles. The summed E-state index contributed by atoms with van der Waals surface area (Å²) in [6, 6.07) is 26.3. The summed E-state index contributed by atoms with van der Waals surface area (Å²) >= 11 is 0. The molecule has 0 bridgehead atoms. The van der Waals surface area contributed by atoms with Crippen molar-refractivity contribution in [1.82, 2.24) is 5.32 Å². The van der Waals surface area contributed by atoms with E-state index in [0.717, 1.165) is 11.1 Å². The van der Waals surface area contributed by atoms with E-state index in [1.807, 2.05) is 60.7 Å². The average molecular weight is 344 g/mol. The molecular formula is C22H20N2O2. The topological polar surface area (TPSA) is 58.2 Å². The van der Waals surface area contributed by atoms with Crippen LogP contribution in [0.1, 0.15) is 34.5 Å². The highest BCUT2D eigenvalue weighted by Gasteiger charge is 2.17. The minimum absolute atomic E-state index is 0.143. The van der Waals surface area contributed by atoms with Crippen molar-refractivity contribution < 1.29 is 9.59 Å². The Morgan fingerprint density at radius 1 is 0.731 bits per heavy atom. The third kappa shape index (κ3) is 4.36. The van der Waals surface area contributed by atoms with Gasteiger partial charge in [-0.15, -0.1) is 0 Å². The number of rotatable bonds is 5. The Kier molecular flexibility index (Phi) is 5.44. The maximum absolute atomic E-state index is 12.7. The second kappa shape index (κ2) is 8.12. The summed E-state index contributed by atoms with van der Waals surface area (Å²) in [5, 5.41) is 5.79. The molecule has 0 spiro atoms. The Morgan fingerprint density at radius 2 is 1.23 bits per heavy atom. The van der Waals surface area contributed by atoms with Crippen LogP contribution in [0.5, 0.6) is 0 Å². The molecule has 3 aromatic rings. The molecule has 0 aliphatic rings. The van der Waals surface area contributed by atoms with Crippen LogP contribution in [0.15, 0.2) is 84.9 Å². The molecule has 26 heavy (non-hydrogen) atoms. The van der Waals surface area contributed by atoms with E-state index in [-0.39, 0.29) is 17.9 Å². The molecule has 4 nitrogen and oxygen atoms in total. The molecule has 0 unspecified atom stereocenters. The molecule has 0 aliphatic heterocycles. The minimum Gasteiger partial charge on any atom is -0.341 e. The number of nitrogens with one attached hydrogen (secondary N) is 2. The van der Waals surface area contributed by atoms with Crippen molar-refractivity contribution in [3.8, 4) is 0 Å². The number of anilines is 1. The third-order valence-electron chi connectivity index (χ3n) is 4.01. The summed E-state index contributed by atoms with van der Waals surface area (Å²) in [4.78, 5) is 23.8. The predicted molar refractivity (Wildman–Crippen MR) is 103 cm³/mol. The Morgan fingerprint density at radius 3 is 1.69 bits per heavy atom. The molecule has 0 saturated carbocycles. The summed E-state index contributed by atoms with van der Waals surface area (Å²) in [6.07, 6.45) is 0. The summed E-state index contributed by atoms with van der Waals surface area (Å²) < 4.78 is 0. The van der Waals surface area contributed by atoms with Crippen LogP contribution in [-0.4, -0.2) is 11.8 Å². The smallest absolute Gasteiger partial charge is 0.252 e. The maximum atomic E-state index is 12.7. The van der Waals surface area contributed by atoms with Crippen LogP contribution < -0.4 is 10.6 Å². The van der Waals surface area contributed by atoms with E-state index in [1.54, 1.807) is 24.3 Å². The normalized spacial score (nSPS) is 10.4. The standard InChI is InChI=1S/C22H20N2O2/c1-16(25)23-20-14-12-19(13-15-20)22(26)24-21(17-8-4-2-5-9-17)18-10-6-3-7-11-18/h2-15,21H,1H3,(H,23,25)(H,24,26). The molecule has 3 rings (SSSR count). The minimum atomic E-state index is -0.236. The Hall–Kier alpha value is -3.40. The van der Waals surface area contributed by atoms with E-state index in [1.165, 1.54) is 6.92 Å². The molecule has 3 aromatic carbocycles. The zero-order valence-electron chi connectivity index (χ0n) is 14.5. The summed E-state index contributed by atoms with van der Waals surface area (Å²) in [5.74, 6) is -0.312. The second-order valence-electron chi connectivity index (χ2n) is 5.99. The Labute approximate surface area is 152 Å². The molecule has 0 aromatic heterocycles. The molecule has 0 fully saturated rings. The first-order chi connectivity index (χ1) is 12.6. The maximum Gasteiger partial charge on any atom is 0.252 e. The van der Waals surface area contributed by atoms with Gasteiger partial charge in [0.1, 0.15) is 0 Å². The van der Waals surface area contributed by atoms with Crippen LogP contribution in [-0.2, 0) is 4.79 Å². The van der Waals surface area contributed by atoms with Gasteiger partial charge in [0.15, 0.2) is 0 Å². The van der Waals surface area contributed by atoms with Crippen LogP contribution in [0, 0.1) is 0 Å². The summed E-state index contributed by atoms with van der Waals surface area (Å²) in [6.45, 7) is 1.45. The van der Waals surface area contributed by atoms with Gasteiger partial charge in [-0.3, -0.25) is 9.59 Å². The third-order valence-corrected chi connectivity index (χ3v) is 4.01. The van der Waals surface area contributed by atoms with Gasteiger partial charge in [0, 0.05) is 18.2 Å². The average Bonchev–Trinajstić information content (AvgIpc) is 2.67. The highest BCUT2D eigenvalue weighted by molar-refractivity contribution is 5.96. The van der Waals surface area contributed by atoms with Gasteiger partial charge in [0.25, 0.3) is 5.91 Å². The van der Waals surface area contributed by atoms with Crippen molar-refractivity contribution in [2.24, 2.45) is 0 Å². The summed E-state index contributed by atoms with van der Waals surface area (Å²) in [5.41, 5.74) is 3.23. The van der Waals surface area contributed by atoms with Gasteiger partial charge in [0.2, 0.25) is 5.91 Å². The van der Waals surface area contributed by atoms with Gasteiger partial charge >= 0.3 is 0 Å².